The fourth-order valence-corrected chi connectivity index (χ4v) is 4.30. The van der Waals surface area contributed by atoms with Crippen molar-refractivity contribution in [3.8, 4) is 0 Å². The molecule has 0 amide bonds. The third kappa shape index (κ3) is 1.99. The van der Waals surface area contributed by atoms with Gasteiger partial charge in [-0.1, -0.05) is 23.7 Å². The molecule has 1 unspecified atom stereocenters. The van der Waals surface area contributed by atoms with Gasteiger partial charge in [-0.05, 0) is 18.2 Å². The third-order valence-electron chi connectivity index (χ3n) is 3.73. The molecule has 1 aliphatic rings. The second-order valence-corrected chi connectivity index (χ2v) is 6.49. The van der Waals surface area contributed by atoms with Crippen molar-refractivity contribution in [1.82, 2.24) is 9.55 Å². The largest absolute Gasteiger partial charge is 0.310 e. The number of imidazole rings is 1. The van der Waals surface area contributed by atoms with E-state index in [1.165, 1.54) is 6.07 Å². The number of fused-ring (bicyclic) bond motifs is 3. The van der Waals surface area contributed by atoms with E-state index in [9.17, 15) is 10.1 Å². The monoisotopic (exact) mass is 331 g/mol. The molecule has 0 radical (unpaired) electrons. The second-order valence-electron chi connectivity index (χ2n) is 5.01. The summed E-state index contributed by atoms with van der Waals surface area (Å²) < 4.78 is 2.12. The first-order valence-corrected chi connectivity index (χ1v) is 8.09. The summed E-state index contributed by atoms with van der Waals surface area (Å²) in [6.07, 6.45) is 0. The lowest BCUT2D eigenvalue weighted by molar-refractivity contribution is -0.384. The Morgan fingerprint density at radius 3 is 2.95 bits per heavy atom. The Hall–Kier alpha value is -2.05. The summed E-state index contributed by atoms with van der Waals surface area (Å²) in [5.41, 5.74) is 2.76. The summed E-state index contributed by atoms with van der Waals surface area (Å²) in [6, 6.07) is 12.5. The summed E-state index contributed by atoms with van der Waals surface area (Å²) in [5, 5.41) is 11.5. The van der Waals surface area contributed by atoms with Crippen LogP contribution in [-0.2, 0) is 5.75 Å². The SMILES string of the molecule is O=[N+]([O-])c1ccc(Cl)c(C2SCc3nc4ccccc4n32)c1. The molecular formula is C15H10ClN3O2S. The van der Waals surface area contributed by atoms with Gasteiger partial charge in [-0.25, -0.2) is 4.98 Å². The molecule has 0 spiro atoms. The van der Waals surface area contributed by atoms with Gasteiger partial charge in [0.2, 0.25) is 0 Å². The molecule has 0 fully saturated rings. The average Bonchev–Trinajstić information content (AvgIpc) is 3.06. The first kappa shape index (κ1) is 13.6. The number of para-hydroxylation sites is 2. The van der Waals surface area contributed by atoms with Crippen LogP contribution < -0.4 is 0 Å². The molecule has 1 atom stereocenters. The molecule has 3 aromatic rings. The first-order valence-electron chi connectivity index (χ1n) is 6.66. The number of benzene rings is 2. The Balaban J connectivity index is 1.90. The van der Waals surface area contributed by atoms with Crippen molar-refractivity contribution in [3.63, 3.8) is 0 Å². The van der Waals surface area contributed by atoms with Gasteiger partial charge in [-0.2, -0.15) is 0 Å². The zero-order valence-electron chi connectivity index (χ0n) is 11.3. The van der Waals surface area contributed by atoms with Crippen LogP contribution in [0.3, 0.4) is 0 Å². The Kier molecular flexibility index (Phi) is 3.09. The quantitative estimate of drug-likeness (QED) is 0.516. The molecule has 2 aromatic carbocycles. The molecule has 4 rings (SSSR count). The fourth-order valence-electron chi connectivity index (χ4n) is 2.75. The normalized spacial score (nSPS) is 16.9. The molecule has 0 saturated carbocycles. The van der Waals surface area contributed by atoms with Crippen LogP contribution in [0.25, 0.3) is 11.0 Å². The highest BCUT2D eigenvalue weighted by Crippen LogP contribution is 2.45. The number of nitrogens with zero attached hydrogens (tertiary/aromatic N) is 3. The lowest BCUT2D eigenvalue weighted by Gasteiger charge is -2.15. The lowest BCUT2D eigenvalue weighted by Crippen LogP contribution is -2.04. The van der Waals surface area contributed by atoms with E-state index in [1.54, 1.807) is 23.9 Å². The minimum atomic E-state index is -0.396. The predicted octanol–water partition coefficient (Wildman–Crippen LogP) is 4.39. The van der Waals surface area contributed by atoms with Crippen LogP contribution in [0.15, 0.2) is 42.5 Å². The molecule has 1 aliphatic heterocycles. The molecule has 22 heavy (non-hydrogen) atoms. The summed E-state index contributed by atoms with van der Waals surface area (Å²) in [6.45, 7) is 0. The number of aromatic nitrogens is 2. The number of thioether (sulfide) groups is 1. The second kappa shape index (κ2) is 5.00. The minimum Gasteiger partial charge on any atom is -0.310 e. The highest BCUT2D eigenvalue weighted by molar-refractivity contribution is 7.99. The minimum absolute atomic E-state index is 0.0536. The van der Waals surface area contributed by atoms with Crippen LogP contribution in [0.1, 0.15) is 16.8 Å². The molecule has 0 bridgehead atoms. The summed E-state index contributed by atoms with van der Waals surface area (Å²) >= 11 is 7.97. The van der Waals surface area contributed by atoms with Crippen molar-refractivity contribution < 1.29 is 4.92 Å². The molecule has 110 valence electrons. The highest BCUT2D eigenvalue weighted by atomic mass is 35.5. The number of hydrogen-bond donors (Lipinski definition) is 0. The van der Waals surface area contributed by atoms with Gasteiger partial charge in [0.05, 0.1) is 21.7 Å². The number of non-ortho nitro benzene ring substituents is 1. The van der Waals surface area contributed by atoms with Crippen LogP contribution in [0, 0.1) is 10.1 Å². The standard InChI is InChI=1S/C15H10ClN3O2S/c16-11-6-5-9(19(20)21)7-10(11)15-18-13-4-2-1-3-12(13)17-14(18)8-22-15/h1-7,15H,8H2. The van der Waals surface area contributed by atoms with Gasteiger partial charge in [0, 0.05) is 22.7 Å². The zero-order chi connectivity index (χ0) is 15.3. The maximum absolute atomic E-state index is 11.0. The summed E-state index contributed by atoms with van der Waals surface area (Å²) in [7, 11) is 0. The predicted molar refractivity (Wildman–Crippen MR) is 87.3 cm³/mol. The van der Waals surface area contributed by atoms with E-state index in [1.807, 2.05) is 24.3 Å². The van der Waals surface area contributed by atoms with Gasteiger partial charge < -0.3 is 4.57 Å². The smallest absolute Gasteiger partial charge is 0.269 e. The van der Waals surface area contributed by atoms with Crippen LogP contribution >= 0.6 is 23.4 Å². The zero-order valence-corrected chi connectivity index (χ0v) is 12.8. The molecule has 0 saturated heterocycles. The van der Waals surface area contributed by atoms with Crippen LogP contribution in [0.5, 0.6) is 0 Å². The van der Waals surface area contributed by atoms with Crippen LogP contribution in [-0.4, -0.2) is 14.5 Å². The van der Waals surface area contributed by atoms with Gasteiger partial charge in [0.25, 0.3) is 5.69 Å². The average molecular weight is 332 g/mol. The summed E-state index contributed by atoms with van der Waals surface area (Å²) in [5.74, 6) is 1.73. The molecule has 1 aromatic heterocycles. The first-order chi connectivity index (χ1) is 10.6. The number of nitro groups is 1. The summed E-state index contributed by atoms with van der Waals surface area (Å²) in [4.78, 5) is 15.2. The molecular weight excluding hydrogens is 322 g/mol. The van der Waals surface area contributed by atoms with Crippen molar-refractivity contribution in [2.75, 3.05) is 0 Å². The van der Waals surface area contributed by atoms with E-state index in [-0.39, 0.29) is 11.1 Å². The topological polar surface area (TPSA) is 61.0 Å². The van der Waals surface area contributed by atoms with E-state index in [0.717, 1.165) is 28.2 Å². The maximum Gasteiger partial charge on any atom is 0.269 e. The lowest BCUT2D eigenvalue weighted by atomic mass is 10.2. The number of rotatable bonds is 2. The van der Waals surface area contributed by atoms with Gasteiger partial charge in [-0.15, -0.1) is 11.8 Å². The van der Waals surface area contributed by atoms with Gasteiger partial charge in [-0.3, -0.25) is 10.1 Å². The Morgan fingerprint density at radius 2 is 2.14 bits per heavy atom. The third-order valence-corrected chi connectivity index (χ3v) is 5.28. The number of halogens is 1. The van der Waals surface area contributed by atoms with Crippen molar-refractivity contribution in [1.29, 1.82) is 0 Å². The highest BCUT2D eigenvalue weighted by Gasteiger charge is 2.30. The van der Waals surface area contributed by atoms with Crippen molar-refractivity contribution in [3.05, 3.63) is 69.0 Å². The fraction of sp³-hybridized carbons (Fsp3) is 0.133. The van der Waals surface area contributed by atoms with Crippen LogP contribution in [0.4, 0.5) is 5.69 Å². The molecule has 0 aliphatic carbocycles. The van der Waals surface area contributed by atoms with E-state index in [2.05, 4.69) is 9.55 Å². The molecule has 7 heteroatoms. The Bertz CT molecular complexity index is 909. The van der Waals surface area contributed by atoms with Crippen LogP contribution in [0.2, 0.25) is 5.02 Å². The molecule has 0 N–H and O–H groups in total. The van der Waals surface area contributed by atoms with Gasteiger partial charge in [0.1, 0.15) is 11.2 Å². The van der Waals surface area contributed by atoms with Crippen molar-refractivity contribution in [2.45, 2.75) is 11.1 Å². The van der Waals surface area contributed by atoms with E-state index < -0.39 is 4.92 Å². The van der Waals surface area contributed by atoms with Gasteiger partial charge >= 0.3 is 0 Å². The number of nitro benzene ring substituents is 1. The van der Waals surface area contributed by atoms with Gasteiger partial charge in [0.15, 0.2) is 0 Å². The Morgan fingerprint density at radius 1 is 1.32 bits per heavy atom. The maximum atomic E-state index is 11.0. The Labute approximate surface area is 135 Å². The molecule has 5 nitrogen and oxygen atoms in total. The van der Waals surface area contributed by atoms with E-state index >= 15 is 0 Å². The number of hydrogen-bond acceptors (Lipinski definition) is 4. The van der Waals surface area contributed by atoms with E-state index in [0.29, 0.717) is 5.02 Å². The molecule has 2 heterocycles. The van der Waals surface area contributed by atoms with E-state index in [4.69, 9.17) is 11.6 Å². The van der Waals surface area contributed by atoms with Crippen molar-refractivity contribution in [2.24, 2.45) is 0 Å². The van der Waals surface area contributed by atoms with Crippen molar-refractivity contribution >= 4 is 40.1 Å².